The van der Waals surface area contributed by atoms with Gasteiger partial charge in [0.2, 0.25) is 0 Å². The van der Waals surface area contributed by atoms with E-state index in [0.717, 1.165) is 22.4 Å². The topological polar surface area (TPSA) is 49.4 Å². The van der Waals surface area contributed by atoms with Gasteiger partial charge in [0.05, 0.1) is 7.11 Å². The minimum absolute atomic E-state index is 0.0616. The lowest BCUT2D eigenvalue weighted by molar-refractivity contribution is -0.304. The molecule has 0 fully saturated rings. The molecule has 94 valence electrons. The number of benzene rings is 1. The average molecular weight is 235 g/mol. The molecule has 0 N–H and O–H groups in total. The maximum Gasteiger partial charge on any atom is 0.125 e. The third-order valence-electron chi connectivity index (χ3n) is 2.70. The lowest BCUT2D eigenvalue weighted by Gasteiger charge is -2.24. The van der Waals surface area contributed by atoms with Crippen molar-refractivity contribution >= 4 is 5.97 Å². The van der Waals surface area contributed by atoms with Crippen LogP contribution < -0.4 is 9.84 Å². The van der Waals surface area contributed by atoms with Crippen LogP contribution in [0.5, 0.6) is 5.75 Å². The largest absolute Gasteiger partial charge is 0.550 e. The fraction of sp³-hybridized carbons (Fsp3) is 0.500. The molecule has 0 aliphatic heterocycles. The molecule has 0 aromatic heterocycles. The van der Waals surface area contributed by atoms with Gasteiger partial charge in [0, 0.05) is 18.0 Å². The van der Waals surface area contributed by atoms with Gasteiger partial charge in [-0.2, -0.15) is 0 Å². The summed E-state index contributed by atoms with van der Waals surface area (Å²) < 4.78 is 5.40. The molecule has 0 unspecified atom stereocenters. The Hall–Kier alpha value is -1.51. The third kappa shape index (κ3) is 3.22. The van der Waals surface area contributed by atoms with E-state index in [-0.39, 0.29) is 11.8 Å². The molecule has 0 saturated heterocycles. The van der Waals surface area contributed by atoms with Crippen molar-refractivity contribution in [2.75, 3.05) is 7.11 Å². The van der Waals surface area contributed by atoms with Crippen molar-refractivity contribution in [3.05, 3.63) is 28.8 Å². The lowest BCUT2D eigenvalue weighted by atomic mass is 9.84. The quantitative estimate of drug-likeness (QED) is 0.799. The Morgan fingerprint density at radius 3 is 2.35 bits per heavy atom. The van der Waals surface area contributed by atoms with E-state index >= 15 is 0 Å². The zero-order valence-corrected chi connectivity index (χ0v) is 11.1. The number of rotatable bonds is 3. The van der Waals surface area contributed by atoms with Gasteiger partial charge in [-0.15, -0.1) is 0 Å². The van der Waals surface area contributed by atoms with Crippen LogP contribution in [-0.2, 0) is 16.6 Å². The van der Waals surface area contributed by atoms with Crippen LogP contribution >= 0.6 is 0 Å². The minimum Gasteiger partial charge on any atom is -0.550 e. The highest BCUT2D eigenvalue weighted by molar-refractivity contribution is 5.68. The van der Waals surface area contributed by atoms with Crippen molar-refractivity contribution in [3.8, 4) is 5.75 Å². The van der Waals surface area contributed by atoms with Crippen molar-refractivity contribution in [3.63, 3.8) is 0 Å². The van der Waals surface area contributed by atoms with Crippen LogP contribution in [0.2, 0.25) is 0 Å². The summed E-state index contributed by atoms with van der Waals surface area (Å²) in [6.07, 6.45) is -0.0616. The lowest BCUT2D eigenvalue weighted by Crippen LogP contribution is -2.25. The summed E-state index contributed by atoms with van der Waals surface area (Å²) in [5.74, 6) is -0.228. The molecular formula is C14H19O3-. The molecule has 0 atom stereocenters. The molecule has 1 rings (SSSR count). The number of carboxylic acid groups (broad SMARTS) is 1. The van der Waals surface area contributed by atoms with E-state index in [9.17, 15) is 9.90 Å². The first-order valence-corrected chi connectivity index (χ1v) is 5.63. The highest BCUT2D eigenvalue weighted by Crippen LogP contribution is 2.34. The number of carboxylic acids is 1. The second kappa shape index (κ2) is 4.78. The van der Waals surface area contributed by atoms with Gasteiger partial charge < -0.3 is 14.6 Å². The maximum absolute atomic E-state index is 10.7. The van der Waals surface area contributed by atoms with E-state index in [4.69, 9.17) is 4.74 Å². The Labute approximate surface area is 102 Å². The number of carbonyl (C=O) groups is 1. The summed E-state index contributed by atoms with van der Waals surface area (Å²) in [5.41, 5.74) is 2.65. The Balaban J connectivity index is 3.34. The van der Waals surface area contributed by atoms with Gasteiger partial charge in [0.1, 0.15) is 5.75 Å². The normalized spacial score (nSPS) is 11.4. The summed E-state index contributed by atoms with van der Waals surface area (Å²) in [5, 5.41) is 10.7. The molecule has 0 aliphatic rings. The smallest absolute Gasteiger partial charge is 0.125 e. The molecule has 0 spiro atoms. The zero-order chi connectivity index (χ0) is 13.2. The number of aryl methyl sites for hydroxylation is 1. The van der Waals surface area contributed by atoms with Crippen molar-refractivity contribution < 1.29 is 14.6 Å². The van der Waals surface area contributed by atoms with Crippen LogP contribution in [0.4, 0.5) is 0 Å². The Morgan fingerprint density at radius 1 is 1.35 bits per heavy atom. The molecule has 1 aromatic rings. The summed E-state index contributed by atoms with van der Waals surface area (Å²) in [7, 11) is 1.63. The van der Waals surface area contributed by atoms with E-state index in [0.29, 0.717) is 0 Å². The highest BCUT2D eigenvalue weighted by atomic mass is 16.5. The zero-order valence-electron chi connectivity index (χ0n) is 11.1. The molecule has 0 amide bonds. The van der Waals surface area contributed by atoms with Crippen LogP contribution in [0.25, 0.3) is 0 Å². The van der Waals surface area contributed by atoms with Crippen molar-refractivity contribution in [2.45, 2.75) is 39.5 Å². The predicted octanol–water partition coefficient (Wildman–Crippen LogP) is 1.59. The Morgan fingerprint density at radius 2 is 1.94 bits per heavy atom. The monoisotopic (exact) mass is 235 g/mol. The molecule has 3 nitrogen and oxygen atoms in total. The van der Waals surface area contributed by atoms with Crippen molar-refractivity contribution in [2.24, 2.45) is 0 Å². The number of hydrogen-bond donors (Lipinski definition) is 0. The molecule has 17 heavy (non-hydrogen) atoms. The summed E-state index contributed by atoms with van der Waals surface area (Å²) in [4.78, 5) is 10.7. The molecular weight excluding hydrogens is 216 g/mol. The molecule has 1 aromatic carbocycles. The van der Waals surface area contributed by atoms with Gasteiger partial charge in [0.25, 0.3) is 0 Å². The van der Waals surface area contributed by atoms with Crippen LogP contribution in [0.1, 0.15) is 37.5 Å². The van der Waals surface area contributed by atoms with Gasteiger partial charge in [-0.05, 0) is 23.5 Å². The molecule has 0 saturated carbocycles. The fourth-order valence-electron chi connectivity index (χ4n) is 1.95. The SMILES string of the molecule is COc1c(C)cc(CC(=O)[O-])cc1C(C)(C)C. The highest BCUT2D eigenvalue weighted by Gasteiger charge is 2.21. The first-order valence-electron chi connectivity index (χ1n) is 5.63. The molecule has 0 heterocycles. The summed E-state index contributed by atoms with van der Waals surface area (Å²) >= 11 is 0. The third-order valence-corrected chi connectivity index (χ3v) is 2.70. The molecule has 0 bridgehead atoms. The Kier molecular flexibility index (Phi) is 3.81. The average Bonchev–Trinajstić information content (AvgIpc) is 2.14. The van der Waals surface area contributed by atoms with E-state index in [1.807, 2.05) is 19.1 Å². The van der Waals surface area contributed by atoms with Crippen LogP contribution in [0.3, 0.4) is 0 Å². The van der Waals surface area contributed by atoms with Gasteiger partial charge in [-0.1, -0.05) is 32.9 Å². The molecule has 0 radical (unpaired) electrons. The first kappa shape index (κ1) is 13.6. The van der Waals surface area contributed by atoms with Gasteiger partial charge >= 0.3 is 0 Å². The summed E-state index contributed by atoms with van der Waals surface area (Å²) in [6.45, 7) is 8.15. The fourth-order valence-corrected chi connectivity index (χ4v) is 1.95. The standard InChI is InChI=1S/C14H20O3/c1-9-6-10(8-12(15)16)7-11(13(9)17-5)14(2,3)4/h6-7H,8H2,1-5H3,(H,15,16)/p-1. The van der Waals surface area contributed by atoms with E-state index in [1.165, 1.54) is 0 Å². The predicted molar refractivity (Wildman–Crippen MR) is 65.1 cm³/mol. The van der Waals surface area contributed by atoms with Gasteiger partial charge in [0.15, 0.2) is 0 Å². The Bertz CT molecular complexity index is 428. The van der Waals surface area contributed by atoms with Crippen LogP contribution in [0, 0.1) is 6.92 Å². The minimum atomic E-state index is -1.06. The van der Waals surface area contributed by atoms with E-state index in [2.05, 4.69) is 20.8 Å². The van der Waals surface area contributed by atoms with Crippen molar-refractivity contribution in [1.29, 1.82) is 0 Å². The number of aliphatic carboxylic acids is 1. The number of carbonyl (C=O) groups excluding carboxylic acids is 1. The van der Waals surface area contributed by atoms with Crippen LogP contribution in [0.15, 0.2) is 12.1 Å². The van der Waals surface area contributed by atoms with E-state index in [1.54, 1.807) is 7.11 Å². The maximum atomic E-state index is 10.7. The summed E-state index contributed by atoms with van der Waals surface area (Å²) in [6, 6.07) is 3.73. The van der Waals surface area contributed by atoms with E-state index < -0.39 is 5.97 Å². The molecule has 3 heteroatoms. The van der Waals surface area contributed by atoms with Gasteiger partial charge in [-0.25, -0.2) is 0 Å². The number of methoxy groups -OCH3 is 1. The first-order chi connectivity index (χ1) is 7.75. The molecule has 0 aliphatic carbocycles. The van der Waals surface area contributed by atoms with Crippen molar-refractivity contribution in [1.82, 2.24) is 0 Å². The number of hydrogen-bond acceptors (Lipinski definition) is 3. The second-order valence-corrected chi connectivity index (χ2v) is 5.29. The van der Waals surface area contributed by atoms with Gasteiger partial charge in [-0.3, -0.25) is 0 Å². The van der Waals surface area contributed by atoms with Crippen LogP contribution in [-0.4, -0.2) is 13.1 Å². The second-order valence-electron chi connectivity index (χ2n) is 5.29. The number of ether oxygens (including phenoxy) is 1.